The SMILES string of the molecule is COC(=O)c1ccc(NCC(F)(F)F)cn1. The predicted molar refractivity (Wildman–Crippen MR) is 50.1 cm³/mol. The number of pyridine rings is 1. The first-order chi connectivity index (χ1) is 7.42. The van der Waals surface area contributed by atoms with Crippen molar-refractivity contribution in [1.82, 2.24) is 4.98 Å². The molecule has 0 aliphatic heterocycles. The van der Waals surface area contributed by atoms with Crippen molar-refractivity contribution in [2.75, 3.05) is 19.0 Å². The zero-order chi connectivity index (χ0) is 12.2. The summed E-state index contributed by atoms with van der Waals surface area (Å²) in [6.45, 7) is -1.15. The van der Waals surface area contributed by atoms with Crippen LogP contribution in [0.5, 0.6) is 0 Å². The largest absolute Gasteiger partial charge is 0.464 e. The maximum atomic E-state index is 11.8. The molecule has 7 heteroatoms. The van der Waals surface area contributed by atoms with E-state index in [9.17, 15) is 18.0 Å². The fraction of sp³-hybridized carbons (Fsp3) is 0.333. The second-order valence-corrected chi connectivity index (χ2v) is 2.89. The quantitative estimate of drug-likeness (QED) is 0.811. The van der Waals surface area contributed by atoms with Crippen molar-refractivity contribution in [2.24, 2.45) is 0 Å². The van der Waals surface area contributed by atoms with E-state index >= 15 is 0 Å². The van der Waals surface area contributed by atoms with Gasteiger partial charge in [0.1, 0.15) is 12.2 Å². The summed E-state index contributed by atoms with van der Waals surface area (Å²) < 4.78 is 39.9. The molecule has 16 heavy (non-hydrogen) atoms. The Morgan fingerprint density at radius 1 is 1.50 bits per heavy atom. The van der Waals surface area contributed by atoms with Crippen molar-refractivity contribution < 1.29 is 22.7 Å². The summed E-state index contributed by atoms with van der Waals surface area (Å²) in [6.07, 6.45) is -3.15. The van der Waals surface area contributed by atoms with Gasteiger partial charge in [-0.2, -0.15) is 13.2 Å². The molecule has 0 radical (unpaired) electrons. The minimum atomic E-state index is -4.29. The lowest BCUT2D eigenvalue weighted by atomic mass is 10.3. The Balaban J connectivity index is 2.62. The summed E-state index contributed by atoms with van der Waals surface area (Å²) >= 11 is 0. The molecule has 0 unspecified atom stereocenters. The maximum absolute atomic E-state index is 11.8. The predicted octanol–water partition coefficient (Wildman–Crippen LogP) is 1.84. The number of hydrogen-bond donors (Lipinski definition) is 1. The van der Waals surface area contributed by atoms with Gasteiger partial charge in [0.25, 0.3) is 0 Å². The zero-order valence-electron chi connectivity index (χ0n) is 8.34. The number of methoxy groups -OCH3 is 1. The number of esters is 1. The molecule has 0 saturated heterocycles. The molecule has 0 saturated carbocycles. The van der Waals surface area contributed by atoms with Crippen LogP contribution in [0.2, 0.25) is 0 Å². The van der Waals surface area contributed by atoms with E-state index < -0.39 is 18.7 Å². The molecule has 0 aliphatic carbocycles. The number of aromatic nitrogens is 1. The molecular formula is C9H9F3N2O2. The van der Waals surface area contributed by atoms with E-state index in [-0.39, 0.29) is 11.4 Å². The summed E-state index contributed by atoms with van der Waals surface area (Å²) in [5, 5.41) is 2.13. The molecule has 0 aliphatic rings. The minimum Gasteiger partial charge on any atom is -0.464 e. The molecular weight excluding hydrogens is 225 g/mol. The number of rotatable bonds is 3. The number of ether oxygens (including phenoxy) is 1. The normalized spacial score (nSPS) is 11.0. The van der Waals surface area contributed by atoms with Gasteiger partial charge in [0, 0.05) is 0 Å². The van der Waals surface area contributed by atoms with Gasteiger partial charge in [-0.1, -0.05) is 0 Å². The lowest BCUT2D eigenvalue weighted by Gasteiger charge is -2.09. The minimum absolute atomic E-state index is 0.0417. The number of alkyl halides is 3. The highest BCUT2D eigenvalue weighted by molar-refractivity contribution is 5.87. The second-order valence-electron chi connectivity index (χ2n) is 2.89. The zero-order valence-corrected chi connectivity index (χ0v) is 8.34. The third-order valence-electron chi connectivity index (χ3n) is 1.65. The Morgan fingerprint density at radius 3 is 2.62 bits per heavy atom. The number of nitrogens with zero attached hydrogens (tertiary/aromatic N) is 1. The Kier molecular flexibility index (Phi) is 3.70. The highest BCUT2D eigenvalue weighted by Crippen LogP contribution is 2.16. The van der Waals surface area contributed by atoms with E-state index in [1.165, 1.54) is 19.2 Å². The Morgan fingerprint density at radius 2 is 2.19 bits per heavy atom. The number of nitrogens with one attached hydrogen (secondary N) is 1. The Bertz CT molecular complexity index is 362. The van der Waals surface area contributed by atoms with Crippen LogP contribution >= 0.6 is 0 Å². The molecule has 0 atom stereocenters. The number of halogens is 3. The van der Waals surface area contributed by atoms with Crippen LogP contribution in [0, 0.1) is 0 Å². The highest BCUT2D eigenvalue weighted by atomic mass is 19.4. The first-order valence-electron chi connectivity index (χ1n) is 4.27. The van der Waals surface area contributed by atoms with Crippen molar-refractivity contribution in [3.63, 3.8) is 0 Å². The highest BCUT2D eigenvalue weighted by Gasteiger charge is 2.26. The van der Waals surface area contributed by atoms with Crippen LogP contribution in [0.25, 0.3) is 0 Å². The summed E-state index contributed by atoms with van der Waals surface area (Å²) in [7, 11) is 1.19. The van der Waals surface area contributed by atoms with Crippen molar-refractivity contribution in [1.29, 1.82) is 0 Å². The van der Waals surface area contributed by atoms with Crippen LogP contribution < -0.4 is 5.32 Å². The molecule has 4 nitrogen and oxygen atoms in total. The molecule has 0 spiro atoms. The van der Waals surface area contributed by atoms with Crippen LogP contribution in [0.4, 0.5) is 18.9 Å². The van der Waals surface area contributed by atoms with Crippen LogP contribution in [0.3, 0.4) is 0 Å². The van der Waals surface area contributed by atoms with E-state index in [0.29, 0.717) is 0 Å². The molecule has 1 rings (SSSR count). The smallest absolute Gasteiger partial charge is 0.405 e. The van der Waals surface area contributed by atoms with Crippen LogP contribution in [-0.2, 0) is 4.74 Å². The van der Waals surface area contributed by atoms with E-state index in [0.717, 1.165) is 6.20 Å². The summed E-state index contributed by atoms with van der Waals surface area (Å²) in [6, 6.07) is 2.61. The van der Waals surface area contributed by atoms with Gasteiger partial charge in [-0.25, -0.2) is 9.78 Å². The second kappa shape index (κ2) is 4.82. The van der Waals surface area contributed by atoms with Gasteiger partial charge in [0.15, 0.2) is 0 Å². The van der Waals surface area contributed by atoms with Gasteiger partial charge in [0.05, 0.1) is 19.0 Å². The fourth-order valence-electron chi connectivity index (χ4n) is 0.926. The summed E-state index contributed by atoms with van der Waals surface area (Å²) in [5.74, 6) is -0.637. The van der Waals surface area contributed by atoms with E-state index in [2.05, 4.69) is 15.0 Å². The van der Waals surface area contributed by atoms with Gasteiger partial charge < -0.3 is 10.1 Å². The Labute approximate surface area is 89.4 Å². The van der Waals surface area contributed by atoms with Crippen LogP contribution in [0.15, 0.2) is 18.3 Å². The lowest BCUT2D eigenvalue weighted by molar-refractivity contribution is -0.115. The van der Waals surface area contributed by atoms with Crippen LogP contribution in [-0.4, -0.2) is 30.8 Å². The third-order valence-corrected chi connectivity index (χ3v) is 1.65. The van der Waals surface area contributed by atoms with Crippen LogP contribution in [0.1, 0.15) is 10.5 Å². The fourth-order valence-corrected chi connectivity index (χ4v) is 0.926. The standard InChI is InChI=1S/C9H9F3N2O2/c1-16-8(15)7-3-2-6(4-13-7)14-5-9(10,11)12/h2-4,14H,5H2,1H3. The number of carbonyl (C=O) groups excluding carboxylic acids is 1. The molecule has 1 aromatic rings. The Hall–Kier alpha value is -1.79. The summed E-state index contributed by atoms with van der Waals surface area (Å²) in [5.41, 5.74) is 0.227. The van der Waals surface area contributed by atoms with Crippen molar-refractivity contribution in [3.05, 3.63) is 24.0 Å². The average Bonchev–Trinajstić information content (AvgIpc) is 2.25. The molecule has 88 valence electrons. The molecule has 0 aromatic carbocycles. The number of anilines is 1. The van der Waals surface area contributed by atoms with E-state index in [1.807, 2.05) is 0 Å². The summed E-state index contributed by atoms with van der Waals surface area (Å²) in [4.78, 5) is 14.6. The van der Waals surface area contributed by atoms with Gasteiger partial charge >= 0.3 is 12.1 Å². The lowest BCUT2D eigenvalue weighted by Crippen LogP contribution is -2.21. The molecule has 0 bridgehead atoms. The maximum Gasteiger partial charge on any atom is 0.405 e. The molecule has 1 aromatic heterocycles. The van der Waals surface area contributed by atoms with Crippen molar-refractivity contribution in [3.8, 4) is 0 Å². The first kappa shape index (κ1) is 12.3. The van der Waals surface area contributed by atoms with Gasteiger partial charge in [-0.15, -0.1) is 0 Å². The van der Waals surface area contributed by atoms with Crippen molar-refractivity contribution in [2.45, 2.75) is 6.18 Å². The topological polar surface area (TPSA) is 51.2 Å². The molecule has 1 N–H and O–H groups in total. The van der Waals surface area contributed by atoms with Gasteiger partial charge in [-0.3, -0.25) is 0 Å². The number of carbonyl (C=O) groups is 1. The molecule has 1 heterocycles. The molecule has 0 fully saturated rings. The first-order valence-corrected chi connectivity index (χ1v) is 4.27. The van der Waals surface area contributed by atoms with Gasteiger partial charge in [0.2, 0.25) is 0 Å². The van der Waals surface area contributed by atoms with E-state index in [4.69, 9.17) is 0 Å². The molecule has 0 amide bonds. The average molecular weight is 234 g/mol. The monoisotopic (exact) mass is 234 g/mol. The van der Waals surface area contributed by atoms with Crippen molar-refractivity contribution >= 4 is 11.7 Å². The third kappa shape index (κ3) is 3.76. The van der Waals surface area contributed by atoms with E-state index in [1.54, 1.807) is 0 Å². The number of hydrogen-bond acceptors (Lipinski definition) is 4. The van der Waals surface area contributed by atoms with Gasteiger partial charge in [-0.05, 0) is 12.1 Å².